The minimum absolute atomic E-state index is 0.0563. The molecule has 38 heavy (non-hydrogen) atoms. The largest absolute Gasteiger partial charge is 0.461 e. The Balaban J connectivity index is 1.12. The molecule has 2 saturated heterocycles. The Kier molecular flexibility index (Phi) is 7.48. The van der Waals surface area contributed by atoms with Gasteiger partial charge in [-0.25, -0.2) is 0 Å². The zero-order valence-corrected chi connectivity index (χ0v) is 25.4. The molecule has 6 heteroatoms. The molecule has 2 N–H and O–H groups in total. The highest BCUT2D eigenvalue weighted by atomic mass is 32.2. The second-order valence-corrected chi connectivity index (χ2v) is 15.9. The van der Waals surface area contributed by atoms with E-state index in [9.17, 15) is 4.79 Å². The van der Waals surface area contributed by atoms with E-state index in [-0.39, 0.29) is 17.9 Å². The van der Waals surface area contributed by atoms with Crippen molar-refractivity contribution in [2.45, 2.75) is 122 Å². The van der Waals surface area contributed by atoms with E-state index in [2.05, 4.69) is 34.0 Å². The van der Waals surface area contributed by atoms with Crippen LogP contribution < -0.4 is 5.73 Å². The summed E-state index contributed by atoms with van der Waals surface area (Å²) in [5, 5.41) is 0. The summed E-state index contributed by atoms with van der Waals surface area (Å²) >= 11 is 1.73. The molecule has 0 aromatic rings. The standard InChI is InChI=1S/C32H53NO4S/c1-19-8-14-32(35-18-19)20(2)28-27(37-32)17-25-23-7-6-21-16-22(36-29(34)26(33)11-15-38-5)9-12-30(21,3)24(23)10-13-31(25,28)4/h19-28H,6-18,33H2,1-5H3/t19-,20-,21?,22+,23?,24?,25?,26?,27?,28?,30-,31-,32+/m0/s1. The smallest absolute Gasteiger partial charge is 0.323 e. The van der Waals surface area contributed by atoms with Gasteiger partial charge in [0.15, 0.2) is 5.79 Å². The Hall–Kier alpha value is -0.300. The maximum atomic E-state index is 12.6. The monoisotopic (exact) mass is 547 g/mol. The fourth-order valence-electron chi connectivity index (χ4n) is 11.0. The molecular weight excluding hydrogens is 494 g/mol. The second-order valence-electron chi connectivity index (χ2n) is 14.9. The number of nitrogens with two attached hydrogens (primary N) is 1. The molecule has 6 fully saturated rings. The molecule has 2 aliphatic heterocycles. The zero-order valence-electron chi connectivity index (χ0n) is 24.6. The third-order valence-electron chi connectivity index (χ3n) is 13.1. The molecule has 4 saturated carbocycles. The van der Waals surface area contributed by atoms with Gasteiger partial charge in [0.2, 0.25) is 0 Å². The van der Waals surface area contributed by atoms with E-state index in [4.69, 9.17) is 19.9 Å². The average molecular weight is 548 g/mol. The van der Waals surface area contributed by atoms with Crippen molar-refractivity contribution in [3.05, 3.63) is 0 Å². The van der Waals surface area contributed by atoms with Gasteiger partial charge in [0.1, 0.15) is 12.1 Å². The average Bonchev–Trinajstić information content (AvgIpc) is 3.34. The minimum atomic E-state index is -0.476. The number of esters is 1. The van der Waals surface area contributed by atoms with Crippen molar-refractivity contribution < 1.29 is 19.0 Å². The van der Waals surface area contributed by atoms with Crippen molar-refractivity contribution in [1.82, 2.24) is 0 Å². The van der Waals surface area contributed by atoms with E-state index in [1.807, 2.05) is 0 Å². The first kappa shape index (κ1) is 27.8. The van der Waals surface area contributed by atoms with Crippen LogP contribution in [0.3, 0.4) is 0 Å². The minimum Gasteiger partial charge on any atom is -0.461 e. The lowest BCUT2D eigenvalue weighted by Gasteiger charge is -2.61. The highest BCUT2D eigenvalue weighted by Crippen LogP contribution is 2.71. The van der Waals surface area contributed by atoms with Gasteiger partial charge in [-0.3, -0.25) is 4.79 Å². The van der Waals surface area contributed by atoms with E-state index >= 15 is 0 Å². The molecule has 4 aliphatic carbocycles. The number of carbonyl (C=O) groups is 1. The summed E-state index contributed by atoms with van der Waals surface area (Å²) < 4.78 is 19.5. The van der Waals surface area contributed by atoms with Crippen molar-refractivity contribution in [2.24, 2.45) is 58.0 Å². The number of thioether (sulfide) groups is 1. The molecule has 2 heterocycles. The Morgan fingerprint density at radius 3 is 2.55 bits per heavy atom. The summed E-state index contributed by atoms with van der Waals surface area (Å²) in [5.74, 6) is 5.25. The number of ether oxygens (including phenoxy) is 3. The fraction of sp³-hybridized carbons (Fsp3) is 0.969. The quantitative estimate of drug-likeness (QED) is 0.400. The highest BCUT2D eigenvalue weighted by Gasteiger charge is 2.69. The molecule has 0 amide bonds. The molecule has 0 radical (unpaired) electrons. The van der Waals surface area contributed by atoms with Gasteiger partial charge in [-0.2, -0.15) is 11.8 Å². The van der Waals surface area contributed by atoms with Crippen LogP contribution in [-0.4, -0.2) is 48.6 Å². The first-order chi connectivity index (χ1) is 18.1. The topological polar surface area (TPSA) is 70.8 Å². The molecule has 6 rings (SSSR count). The van der Waals surface area contributed by atoms with Gasteiger partial charge < -0.3 is 19.9 Å². The third kappa shape index (κ3) is 4.32. The lowest BCUT2D eigenvalue weighted by atomic mass is 9.44. The number of hydrogen-bond acceptors (Lipinski definition) is 6. The van der Waals surface area contributed by atoms with Crippen LogP contribution in [-0.2, 0) is 19.0 Å². The third-order valence-corrected chi connectivity index (χ3v) is 13.7. The summed E-state index contributed by atoms with van der Waals surface area (Å²) in [7, 11) is 0. The summed E-state index contributed by atoms with van der Waals surface area (Å²) in [4.78, 5) is 12.6. The molecule has 5 nitrogen and oxygen atoms in total. The Morgan fingerprint density at radius 2 is 1.82 bits per heavy atom. The van der Waals surface area contributed by atoms with Crippen LogP contribution in [0.4, 0.5) is 0 Å². The fourth-order valence-corrected chi connectivity index (χ4v) is 11.4. The maximum absolute atomic E-state index is 12.6. The molecule has 6 aliphatic rings. The van der Waals surface area contributed by atoms with Crippen LogP contribution in [0.2, 0.25) is 0 Å². The van der Waals surface area contributed by atoms with Gasteiger partial charge in [-0.1, -0.05) is 27.7 Å². The van der Waals surface area contributed by atoms with E-state index < -0.39 is 6.04 Å². The Labute approximate surface area is 235 Å². The van der Waals surface area contributed by atoms with Crippen LogP contribution in [0.1, 0.15) is 98.3 Å². The van der Waals surface area contributed by atoms with Crippen molar-refractivity contribution in [1.29, 1.82) is 0 Å². The number of hydrogen-bond donors (Lipinski definition) is 1. The van der Waals surface area contributed by atoms with Crippen LogP contribution in [0.25, 0.3) is 0 Å². The molecule has 0 bridgehead atoms. The number of fused-ring (bicyclic) bond motifs is 7. The Morgan fingerprint density at radius 1 is 1.03 bits per heavy atom. The Bertz CT molecular complexity index is 891. The maximum Gasteiger partial charge on any atom is 0.323 e. The molecule has 7 unspecified atom stereocenters. The first-order valence-corrected chi connectivity index (χ1v) is 17.3. The van der Waals surface area contributed by atoms with Crippen LogP contribution in [0, 0.1) is 52.3 Å². The lowest BCUT2D eigenvalue weighted by Crippen LogP contribution is -2.55. The van der Waals surface area contributed by atoms with E-state index in [0.717, 1.165) is 49.4 Å². The first-order valence-electron chi connectivity index (χ1n) is 15.9. The van der Waals surface area contributed by atoms with Gasteiger partial charge in [0.05, 0.1) is 12.7 Å². The van der Waals surface area contributed by atoms with Crippen LogP contribution in [0.15, 0.2) is 0 Å². The lowest BCUT2D eigenvalue weighted by molar-refractivity contribution is -0.273. The summed E-state index contributed by atoms with van der Waals surface area (Å²) in [6.45, 7) is 10.8. The van der Waals surface area contributed by atoms with Crippen molar-refractivity contribution in [2.75, 3.05) is 18.6 Å². The van der Waals surface area contributed by atoms with E-state index in [1.165, 1.54) is 44.9 Å². The van der Waals surface area contributed by atoms with Crippen molar-refractivity contribution in [3.63, 3.8) is 0 Å². The SMILES string of the molecule is CSCCC(N)C(=O)O[C@@H]1CC[C@@]2(C)C(CCC3C2CC[C@@]2(C)C3CC3O[C@]4(CC[C@H](C)CO4)[C@@H](C)C32)C1. The molecule has 0 aromatic heterocycles. The van der Waals surface area contributed by atoms with E-state index in [1.54, 1.807) is 11.8 Å². The second kappa shape index (κ2) is 10.2. The number of rotatable bonds is 5. The van der Waals surface area contributed by atoms with Gasteiger partial charge in [0, 0.05) is 12.3 Å². The van der Waals surface area contributed by atoms with Crippen molar-refractivity contribution in [3.8, 4) is 0 Å². The van der Waals surface area contributed by atoms with Crippen LogP contribution in [0.5, 0.6) is 0 Å². The van der Waals surface area contributed by atoms with E-state index in [0.29, 0.717) is 47.0 Å². The zero-order chi connectivity index (χ0) is 26.9. The summed E-state index contributed by atoms with van der Waals surface area (Å²) in [6, 6.07) is -0.476. The highest BCUT2D eigenvalue weighted by molar-refractivity contribution is 7.98. The van der Waals surface area contributed by atoms with Crippen LogP contribution >= 0.6 is 11.8 Å². The predicted octanol–water partition coefficient (Wildman–Crippen LogP) is 6.43. The number of carbonyl (C=O) groups excluding carboxylic acids is 1. The predicted molar refractivity (Wildman–Crippen MR) is 153 cm³/mol. The summed E-state index contributed by atoms with van der Waals surface area (Å²) in [5.41, 5.74) is 6.88. The molecular formula is C32H53NO4S. The normalized spacial score (nSPS) is 52.5. The molecule has 216 valence electrons. The van der Waals surface area contributed by atoms with Gasteiger partial charge >= 0.3 is 5.97 Å². The summed E-state index contributed by atoms with van der Waals surface area (Å²) in [6.07, 6.45) is 15.3. The van der Waals surface area contributed by atoms with Gasteiger partial charge in [-0.05, 0) is 123 Å². The van der Waals surface area contributed by atoms with Gasteiger partial charge in [-0.15, -0.1) is 0 Å². The molecule has 13 atom stereocenters. The molecule has 0 aromatic carbocycles. The van der Waals surface area contributed by atoms with Gasteiger partial charge in [0.25, 0.3) is 0 Å². The molecule has 1 spiro atoms. The van der Waals surface area contributed by atoms with Crippen molar-refractivity contribution >= 4 is 17.7 Å².